The molecular weight excluding hydrogens is 331 g/mol. The molecule has 1 N–H and O–H groups in total. The van der Waals surface area contributed by atoms with Crippen LogP contribution in [0.1, 0.15) is 45.4 Å². The molecule has 1 saturated heterocycles. The van der Waals surface area contributed by atoms with E-state index in [2.05, 4.69) is 18.8 Å². The Morgan fingerprint density at radius 1 is 1.17 bits per heavy atom. The van der Waals surface area contributed by atoms with Gasteiger partial charge in [-0.15, -0.1) is 5.92 Å². The lowest BCUT2D eigenvalue weighted by molar-refractivity contribution is -0.278. The minimum absolute atomic E-state index is 0.102. The molecule has 0 aromatic heterocycles. The number of alkyl halides is 5. The van der Waals surface area contributed by atoms with Gasteiger partial charge in [-0.2, -0.15) is 22.0 Å². The van der Waals surface area contributed by atoms with E-state index < -0.39 is 24.6 Å². The summed E-state index contributed by atoms with van der Waals surface area (Å²) in [5.41, 5.74) is 0. The summed E-state index contributed by atoms with van der Waals surface area (Å²) >= 11 is 0. The summed E-state index contributed by atoms with van der Waals surface area (Å²) in [6.07, 6.45) is 0.852. The fraction of sp³-hybridized carbons (Fsp3) is 0.812. The maximum absolute atomic E-state index is 12.7. The van der Waals surface area contributed by atoms with Crippen molar-refractivity contribution in [3.63, 3.8) is 0 Å². The Morgan fingerprint density at radius 3 is 2.46 bits per heavy atom. The Bertz CT molecular complexity index is 467. The van der Waals surface area contributed by atoms with Crippen molar-refractivity contribution in [2.75, 3.05) is 19.6 Å². The van der Waals surface area contributed by atoms with E-state index in [-0.39, 0.29) is 12.6 Å². The van der Waals surface area contributed by atoms with Gasteiger partial charge in [-0.25, -0.2) is 0 Å². The fourth-order valence-electron chi connectivity index (χ4n) is 2.04. The molecule has 2 unspecified atom stereocenters. The van der Waals surface area contributed by atoms with Crippen LogP contribution >= 0.6 is 0 Å². The van der Waals surface area contributed by atoms with Gasteiger partial charge < -0.3 is 5.32 Å². The molecule has 0 aliphatic carbocycles. The molecule has 0 spiro atoms. The van der Waals surface area contributed by atoms with Gasteiger partial charge in [-0.05, 0) is 6.42 Å². The molecule has 0 aromatic carbocycles. The smallest absolute Gasteiger partial charge is 0.349 e. The first-order chi connectivity index (χ1) is 11.2. The maximum Gasteiger partial charge on any atom is 0.455 e. The molecule has 2 atom stereocenters. The number of carbonyl (C=O) groups is 1. The van der Waals surface area contributed by atoms with Gasteiger partial charge in [-0.1, -0.05) is 38.5 Å². The molecule has 138 valence electrons. The van der Waals surface area contributed by atoms with Gasteiger partial charge in [0, 0.05) is 13.0 Å². The van der Waals surface area contributed by atoms with Crippen LogP contribution in [0, 0.1) is 11.8 Å². The second-order valence-corrected chi connectivity index (χ2v) is 5.91. The zero-order valence-electron chi connectivity index (χ0n) is 13.7. The first-order valence-corrected chi connectivity index (χ1v) is 8.11. The quantitative estimate of drug-likeness (QED) is 0.298. The van der Waals surface area contributed by atoms with Crippen LogP contribution in [0.3, 0.4) is 0 Å². The first-order valence-electron chi connectivity index (χ1n) is 8.11. The molecule has 24 heavy (non-hydrogen) atoms. The third-order valence-electron chi connectivity index (χ3n) is 3.66. The average Bonchev–Trinajstić information content (AvgIpc) is 3.21. The van der Waals surface area contributed by atoms with Crippen LogP contribution in [0.4, 0.5) is 22.0 Å². The van der Waals surface area contributed by atoms with E-state index in [1.807, 2.05) is 0 Å². The number of halogens is 5. The highest BCUT2D eigenvalue weighted by molar-refractivity contribution is 5.78. The molecule has 1 heterocycles. The van der Waals surface area contributed by atoms with E-state index in [9.17, 15) is 26.7 Å². The second kappa shape index (κ2) is 9.21. The minimum Gasteiger partial charge on any atom is -0.349 e. The molecule has 0 saturated carbocycles. The van der Waals surface area contributed by atoms with Crippen molar-refractivity contribution in [1.29, 1.82) is 0 Å². The van der Waals surface area contributed by atoms with Gasteiger partial charge in [0.2, 0.25) is 5.91 Å². The topological polar surface area (TPSA) is 32.1 Å². The summed E-state index contributed by atoms with van der Waals surface area (Å²) in [5.74, 6) is 0.202. The molecular formula is C16H23F5N2O. The number of amides is 1. The number of hydrogen-bond donors (Lipinski definition) is 1. The van der Waals surface area contributed by atoms with Crippen molar-refractivity contribution in [3.8, 4) is 11.8 Å². The van der Waals surface area contributed by atoms with Crippen molar-refractivity contribution in [2.24, 2.45) is 0 Å². The second-order valence-electron chi connectivity index (χ2n) is 5.91. The van der Waals surface area contributed by atoms with Crippen molar-refractivity contribution < 1.29 is 26.7 Å². The van der Waals surface area contributed by atoms with E-state index in [4.69, 9.17) is 0 Å². The van der Waals surface area contributed by atoms with E-state index in [1.54, 1.807) is 10.2 Å². The average molecular weight is 354 g/mol. The minimum atomic E-state index is -5.66. The summed E-state index contributed by atoms with van der Waals surface area (Å²) in [4.78, 5) is 13.0. The van der Waals surface area contributed by atoms with E-state index >= 15 is 0 Å². The lowest BCUT2D eigenvalue weighted by atomic mass is 10.1. The summed E-state index contributed by atoms with van der Waals surface area (Å²) in [6.45, 7) is 0.717. The standard InChI is InChI=1S/C16H23F5N2O/c1-2-3-4-5-6-7-8-9-13-10-23(13)11-14(24)22-12-15(17,18)16(19,20)21/h13H,2-7,10-12H2,1H3,(H,22,24). The van der Waals surface area contributed by atoms with Gasteiger partial charge in [0.05, 0.1) is 19.1 Å². The van der Waals surface area contributed by atoms with Crippen LogP contribution in [-0.2, 0) is 4.79 Å². The number of unbranched alkanes of at least 4 members (excludes halogenated alkanes) is 5. The molecule has 1 aliphatic heterocycles. The zero-order valence-corrected chi connectivity index (χ0v) is 13.7. The molecule has 1 fully saturated rings. The van der Waals surface area contributed by atoms with Gasteiger partial charge in [0.1, 0.15) is 0 Å². The molecule has 1 aliphatic rings. The molecule has 0 aromatic rings. The normalized spacial score (nSPS) is 20.2. The summed E-state index contributed by atoms with van der Waals surface area (Å²) in [5, 5.41) is 1.62. The molecule has 1 rings (SSSR count). The molecule has 8 heteroatoms. The monoisotopic (exact) mass is 354 g/mol. The van der Waals surface area contributed by atoms with Gasteiger partial charge in [0.15, 0.2) is 0 Å². The van der Waals surface area contributed by atoms with E-state index in [1.165, 1.54) is 19.3 Å². The number of carbonyl (C=O) groups excluding carboxylic acids is 1. The number of nitrogens with one attached hydrogen (secondary N) is 1. The number of rotatable bonds is 9. The van der Waals surface area contributed by atoms with Crippen LogP contribution < -0.4 is 5.32 Å². The lowest BCUT2D eigenvalue weighted by Gasteiger charge is -2.19. The Labute approximate surface area is 139 Å². The van der Waals surface area contributed by atoms with Crippen LogP contribution in [0.25, 0.3) is 0 Å². The van der Waals surface area contributed by atoms with Crippen LogP contribution in [0.5, 0.6) is 0 Å². The van der Waals surface area contributed by atoms with Gasteiger partial charge in [-0.3, -0.25) is 9.69 Å². The first kappa shape index (κ1) is 20.7. The van der Waals surface area contributed by atoms with Crippen molar-refractivity contribution in [1.82, 2.24) is 10.2 Å². The summed E-state index contributed by atoms with van der Waals surface area (Å²) < 4.78 is 61.2. The Balaban J connectivity index is 2.16. The van der Waals surface area contributed by atoms with Crippen LogP contribution in [-0.4, -0.2) is 48.6 Å². The third-order valence-corrected chi connectivity index (χ3v) is 3.66. The molecule has 3 nitrogen and oxygen atoms in total. The Kier molecular flexibility index (Phi) is 7.94. The maximum atomic E-state index is 12.7. The molecule has 0 bridgehead atoms. The molecule has 1 amide bonds. The number of nitrogens with zero attached hydrogens (tertiary/aromatic N) is 1. The van der Waals surface area contributed by atoms with E-state index in [0.29, 0.717) is 6.54 Å². The number of hydrogen-bond acceptors (Lipinski definition) is 2. The highest BCUT2D eigenvalue weighted by Crippen LogP contribution is 2.34. The van der Waals surface area contributed by atoms with Crippen LogP contribution in [0.2, 0.25) is 0 Å². The Hall–Kier alpha value is -1.36. The zero-order chi connectivity index (χ0) is 18.2. The predicted octanol–water partition coefficient (Wildman–Crippen LogP) is 3.35. The van der Waals surface area contributed by atoms with Crippen molar-refractivity contribution >= 4 is 5.91 Å². The predicted molar refractivity (Wildman–Crippen MR) is 80.5 cm³/mol. The largest absolute Gasteiger partial charge is 0.455 e. The van der Waals surface area contributed by atoms with Gasteiger partial charge >= 0.3 is 12.1 Å². The lowest BCUT2D eigenvalue weighted by Crippen LogP contribution is -2.47. The van der Waals surface area contributed by atoms with Gasteiger partial charge in [0.25, 0.3) is 0 Å². The summed E-state index contributed by atoms with van der Waals surface area (Å²) in [7, 11) is 0. The van der Waals surface area contributed by atoms with Crippen LogP contribution in [0.15, 0.2) is 0 Å². The highest BCUT2D eigenvalue weighted by atomic mass is 19.4. The van der Waals surface area contributed by atoms with Crippen molar-refractivity contribution in [3.05, 3.63) is 0 Å². The molecule has 0 radical (unpaired) electrons. The third kappa shape index (κ3) is 7.47. The SMILES string of the molecule is CCCCCCCC#CC1CN1CC(=O)NCC(F)(F)C(F)(F)F. The summed E-state index contributed by atoms with van der Waals surface area (Å²) in [6, 6.07) is -0.102. The fourth-order valence-corrected chi connectivity index (χ4v) is 2.04. The Morgan fingerprint density at radius 2 is 1.83 bits per heavy atom. The highest BCUT2D eigenvalue weighted by Gasteiger charge is 2.57. The van der Waals surface area contributed by atoms with E-state index in [0.717, 1.165) is 19.3 Å². The van der Waals surface area contributed by atoms with Crippen molar-refractivity contribution in [2.45, 2.75) is 63.6 Å².